The standard InChI is InChI=1S/C13H8F2N2O3/c14-8-2-1-7(9(15)5-8)6-17-4-3-10-11(12(17)18)16-13(19)20-10/h1-5H,6H2,(H,16,19). The van der Waals surface area contributed by atoms with Gasteiger partial charge < -0.3 is 8.98 Å². The number of rotatable bonds is 2. The van der Waals surface area contributed by atoms with Gasteiger partial charge in [-0.2, -0.15) is 0 Å². The first kappa shape index (κ1) is 12.3. The molecule has 0 saturated heterocycles. The summed E-state index contributed by atoms with van der Waals surface area (Å²) in [5, 5.41) is 0. The number of pyridine rings is 1. The van der Waals surface area contributed by atoms with Crippen LogP contribution in [0.5, 0.6) is 0 Å². The Bertz CT molecular complexity index is 908. The van der Waals surface area contributed by atoms with Crippen LogP contribution in [0, 0.1) is 11.6 Å². The van der Waals surface area contributed by atoms with Gasteiger partial charge in [0.1, 0.15) is 11.6 Å². The average Bonchev–Trinajstić information content (AvgIpc) is 2.77. The molecule has 0 bridgehead atoms. The summed E-state index contributed by atoms with van der Waals surface area (Å²) in [7, 11) is 0. The molecule has 7 heteroatoms. The van der Waals surface area contributed by atoms with E-state index in [0.29, 0.717) is 0 Å². The minimum Gasteiger partial charge on any atom is -0.408 e. The number of oxazole rings is 1. The molecule has 0 aliphatic heterocycles. The third-order valence-corrected chi connectivity index (χ3v) is 2.91. The van der Waals surface area contributed by atoms with Crippen molar-refractivity contribution in [3.05, 3.63) is 68.6 Å². The van der Waals surface area contributed by atoms with Gasteiger partial charge >= 0.3 is 5.76 Å². The van der Waals surface area contributed by atoms with Gasteiger partial charge in [-0.3, -0.25) is 9.78 Å². The first-order chi connectivity index (χ1) is 9.54. The van der Waals surface area contributed by atoms with E-state index in [4.69, 9.17) is 4.42 Å². The van der Waals surface area contributed by atoms with Gasteiger partial charge in [-0.15, -0.1) is 0 Å². The fraction of sp³-hybridized carbons (Fsp3) is 0.0769. The Morgan fingerprint density at radius 3 is 2.75 bits per heavy atom. The van der Waals surface area contributed by atoms with Crippen molar-refractivity contribution in [2.45, 2.75) is 6.54 Å². The zero-order chi connectivity index (χ0) is 14.3. The predicted octanol–water partition coefficient (Wildman–Crippen LogP) is 1.61. The van der Waals surface area contributed by atoms with Gasteiger partial charge in [0.05, 0.1) is 6.54 Å². The van der Waals surface area contributed by atoms with Crippen LogP contribution in [0.4, 0.5) is 8.78 Å². The smallest absolute Gasteiger partial charge is 0.408 e. The number of halogens is 2. The quantitative estimate of drug-likeness (QED) is 0.774. The SMILES string of the molecule is O=c1[nH]c2c(=O)n(Cc3ccc(F)cc3F)ccc2o1. The van der Waals surface area contributed by atoms with Crippen LogP contribution in [-0.2, 0) is 6.54 Å². The molecule has 0 unspecified atom stereocenters. The molecule has 3 aromatic rings. The molecule has 2 heterocycles. The van der Waals surface area contributed by atoms with E-state index in [9.17, 15) is 18.4 Å². The van der Waals surface area contributed by atoms with E-state index in [1.54, 1.807) is 0 Å². The first-order valence-electron chi connectivity index (χ1n) is 5.71. The van der Waals surface area contributed by atoms with Crippen molar-refractivity contribution in [1.29, 1.82) is 0 Å². The number of benzene rings is 1. The minimum atomic E-state index is -0.738. The van der Waals surface area contributed by atoms with E-state index in [0.717, 1.165) is 12.1 Å². The van der Waals surface area contributed by atoms with E-state index in [1.165, 1.54) is 22.9 Å². The number of hydrogen-bond donors (Lipinski definition) is 1. The van der Waals surface area contributed by atoms with Crippen LogP contribution in [0.3, 0.4) is 0 Å². The van der Waals surface area contributed by atoms with Gasteiger partial charge in [-0.1, -0.05) is 6.07 Å². The zero-order valence-electron chi connectivity index (χ0n) is 10.0. The van der Waals surface area contributed by atoms with Crippen molar-refractivity contribution in [1.82, 2.24) is 9.55 Å². The summed E-state index contributed by atoms with van der Waals surface area (Å²) in [5.41, 5.74) is -0.202. The van der Waals surface area contributed by atoms with Crippen LogP contribution in [0.25, 0.3) is 11.1 Å². The van der Waals surface area contributed by atoms with Crippen LogP contribution < -0.4 is 11.3 Å². The minimum absolute atomic E-state index is 0.0139. The summed E-state index contributed by atoms with van der Waals surface area (Å²) in [4.78, 5) is 25.4. The molecular weight excluding hydrogens is 270 g/mol. The van der Waals surface area contributed by atoms with Gasteiger partial charge in [0.25, 0.3) is 5.56 Å². The summed E-state index contributed by atoms with van der Waals surface area (Å²) < 4.78 is 32.3. The van der Waals surface area contributed by atoms with Gasteiger partial charge in [-0.25, -0.2) is 13.6 Å². The molecule has 0 radical (unpaired) electrons. The average molecular weight is 278 g/mol. The van der Waals surface area contributed by atoms with Gasteiger partial charge in [-0.05, 0) is 12.1 Å². The molecule has 0 amide bonds. The number of aromatic amines is 1. The van der Waals surface area contributed by atoms with Crippen LogP contribution in [0.15, 0.2) is 44.5 Å². The molecule has 3 rings (SSSR count). The highest BCUT2D eigenvalue weighted by atomic mass is 19.1. The molecule has 2 aromatic heterocycles. The summed E-state index contributed by atoms with van der Waals surface area (Å²) in [6.07, 6.45) is 1.38. The maximum absolute atomic E-state index is 13.6. The molecule has 5 nitrogen and oxygen atoms in total. The Morgan fingerprint density at radius 2 is 2.00 bits per heavy atom. The molecule has 0 saturated carbocycles. The number of aromatic nitrogens is 2. The Kier molecular flexibility index (Phi) is 2.74. The predicted molar refractivity (Wildman–Crippen MR) is 66.6 cm³/mol. The highest BCUT2D eigenvalue weighted by molar-refractivity contribution is 5.70. The maximum Gasteiger partial charge on any atom is 0.417 e. The molecule has 0 atom stereocenters. The van der Waals surface area contributed by atoms with E-state index in [1.807, 2.05) is 0 Å². The normalized spacial score (nSPS) is 11.1. The third-order valence-electron chi connectivity index (χ3n) is 2.91. The summed E-state index contributed by atoms with van der Waals surface area (Å²) in [5.74, 6) is -2.16. The molecule has 20 heavy (non-hydrogen) atoms. The lowest BCUT2D eigenvalue weighted by Gasteiger charge is -2.06. The topological polar surface area (TPSA) is 68.0 Å². The summed E-state index contributed by atoms with van der Waals surface area (Å²) in [6, 6.07) is 4.55. The second-order valence-corrected chi connectivity index (χ2v) is 4.24. The highest BCUT2D eigenvalue weighted by Gasteiger charge is 2.10. The van der Waals surface area contributed by atoms with Crippen LogP contribution in [0.2, 0.25) is 0 Å². The van der Waals surface area contributed by atoms with Crippen molar-refractivity contribution in [2.24, 2.45) is 0 Å². The van der Waals surface area contributed by atoms with Gasteiger partial charge in [0.2, 0.25) is 0 Å². The first-order valence-corrected chi connectivity index (χ1v) is 5.71. The van der Waals surface area contributed by atoms with E-state index >= 15 is 0 Å². The van der Waals surface area contributed by atoms with E-state index in [2.05, 4.69) is 4.98 Å². The van der Waals surface area contributed by atoms with E-state index < -0.39 is 22.9 Å². The highest BCUT2D eigenvalue weighted by Crippen LogP contribution is 2.11. The molecule has 0 fully saturated rings. The van der Waals surface area contributed by atoms with Gasteiger partial charge in [0, 0.05) is 17.8 Å². The van der Waals surface area contributed by atoms with Crippen molar-refractivity contribution < 1.29 is 13.2 Å². The Balaban J connectivity index is 2.09. The number of nitrogens with one attached hydrogen (secondary N) is 1. The Morgan fingerprint density at radius 1 is 1.20 bits per heavy atom. The van der Waals surface area contributed by atoms with Crippen molar-refractivity contribution in [3.8, 4) is 0 Å². The number of H-pyrrole nitrogens is 1. The Hall–Kier alpha value is -2.70. The maximum atomic E-state index is 13.6. The molecule has 0 aliphatic carbocycles. The molecule has 102 valence electrons. The molecule has 1 aromatic carbocycles. The fourth-order valence-electron chi connectivity index (χ4n) is 1.94. The van der Waals surface area contributed by atoms with Crippen molar-refractivity contribution >= 4 is 11.1 Å². The lowest BCUT2D eigenvalue weighted by Crippen LogP contribution is -2.21. The van der Waals surface area contributed by atoms with Gasteiger partial charge in [0.15, 0.2) is 11.1 Å². The second-order valence-electron chi connectivity index (χ2n) is 4.24. The molecular formula is C13H8F2N2O3. The largest absolute Gasteiger partial charge is 0.417 e. The second kappa shape index (κ2) is 4.44. The van der Waals surface area contributed by atoms with Crippen molar-refractivity contribution in [2.75, 3.05) is 0 Å². The molecule has 0 spiro atoms. The number of fused-ring (bicyclic) bond motifs is 1. The van der Waals surface area contributed by atoms with Crippen LogP contribution in [0.1, 0.15) is 5.56 Å². The third kappa shape index (κ3) is 2.03. The lowest BCUT2D eigenvalue weighted by atomic mass is 10.2. The summed E-state index contributed by atoms with van der Waals surface area (Å²) in [6.45, 7) is -0.0753. The zero-order valence-corrected chi connectivity index (χ0v) is 10.0. The van der Waals surface area contributed by atoms with Crippen LogP contribution >= 0.6 is 0 Å². The number of nitrogens with zero attached hydrogens (tertiary/aromatic N) is 1. The van der Waals surface area contributed by atoms with E-state index in [-0.39, 0.29) is 23.2 Å². The summed E-state index contributed by atoms with van der Waals surface area (Å²) >= 11 is 0. The van der Waals surface area contributed by atoms with Crippen LogP contribution in [-0.4, -0.2) is 9.55 Å². The lowest BCUT2D eigenvalue weighted by molar-refractivity contribution is 0.554. The molecule has 1 N–H and O–H groups in total. The van der Waals surface area contributed by atoms with Crippen molar-refractivity contribution in [3.63, 3.8) is 0 Å². The number of hydrogen-bond acceptors (Lipinski definition) is 3. The fourth-order valence-corrected chi connectivity index (χ4v) is 1.94. The molecule has 0 aliphatic rings. The monoisotopic (exact) mass is 278 g/mol. The Labute approximate surface area is 110 Å².